The van der Waals surface area contributed by atoms with E-state index in [1.807, 2.05) is 13.0 Å². The molecule has 3 N–H and O–H groups in total. The molecule has 9 rings (SSSR count). The summed E-state index contributed by atoms with van der Waals surface area (Å²) in [6, 6.07) is 4.64. The first-order valence-electron chi connectivity index (χ1n) is 17.1. The van der Waals surface area contributed by atoms with Gasteiger partial charge in [0, 0.05) is 43.2 Å². The Balaban J connectivity index is 1.27. The predicted molar refractivity (Wildman–Crippen MR) is 182 cm³/mol. The van der Waals surface area contributed by atoms with Crippen molar-refractivity contribution in [2.75, 3.05) is 43.6 Å². The van der Waals surface area contributed by atoms with Crippen LogP contribution in [-0.2, 0) is 16.6 Å². The molecule has 50 heavy (non-hydrogen) atoms. The van der Waals surface area contributed by atoms with Crippen LogP contribution >= 0.6 is 0 Å². The van der Waals surface area contributed by atoms with Crippen LogP contribution in [0, 0.1) is 11.6 Å². The third-order valence-electron chi connectivity index (χ3n) is 11.1. The molecule has 0 amide bonds. The molecule has 0 aliphatic carbocycles. The number of alkyl halides is 1. The van der Waals surface area contributed by atoms with E-state index in [-0.39, 0.29) is 41.6 Å². The number of pyridine rings is 1. The maximum absolute atomic E-state index is 17.3. The van der Waals surface area contributed by atoms with Crippen molar-refractivity contribution in [1.29, 1.82) is 0 Å². The van der Waals surface area contributed by atoms with Crippen molar-refractivity contribution >= 4 is 48.6 Å². The Labute approximate surface area is 286 Å². The zero-order chi connectivity index (χ0) is 34.4. The molecule has 4 fully saturated rings. The lowest BCUT2D eigenvalue weighted by molar-refractivity contribution is 0.107. The van der Waals surface area contributed by atoms with E-state index < -0.39 is 39.1 Å². The van der Waals surface area contributed by atoms with Gasteiger partial charge in [-0.1, -0.05) is 13.0 Å². The molecule has 3 atom stereocenters. The molecular weight excluding hydrogens is 671 g/mol. The highest BCUT2D eigenvalue weighted by atomic mass is 32.2. The second kappa shape index (κ2) is 11.4. The number of nitrogens with zero attached hydrogens (tertiary/aromatic N) is 6. The van der Waals surface area contributed by atoms with Crippen molar-refractivity contribution in [2.45, 2.75) is 62.7 Å². The van der Waals surface area contributed by atoms with Crippen molar-refractivity contribution in [1.82, 2.24) is 40.1 Å². The number of aromatic nitrogens is 5. The van der Waals surface area contributed by atoms with Crippen LogP contribution in [0.3, 0.4) is 0 Å². The van der Waals surface area contributed by atoms with Gasteiger partial charge in [-0.25, -0.2) is 17.5 Å². The van der Waals surface area contributed by atoms with Gasteiger partial charge >= 0.3 is 16.2 Å². The molecule has 4 aliphatic rings. The van der Waals surface area contributed by atoms with Crippen LogP contribution in [0.2, 0.25) is 0 Å². The van der Waals surface area contributed by atoms with Crippen LogP contribution in [-0.4, -0.2) is 95.0 Å². The lowest BCUT2D eigenvalue weighted by Crippen LogP contribution is -2.57. The number of fused-ring (bicyclic) bond motifs is 4. The molecule has 4 saturated heterocycles. The van der Waals surface area contributed by atoms with Gasteiger partial charge in [-0.05, 0) is 73.7 Å². The number of rotatable bonds is 6. The molecule has 2 aromatic carbocycles. The summed E-state index contributed by atoms with van der Waals surface area (Å²) in [5.74, 6) is -1.33. The Bertz CT molecular complexity index is 2300. The number of H-pyrrole nitrogens is 1. The fourth-order valence-corrected chi connectivity index (χ4v) is 10.5. The maximum Gasteiger partial charge on any atom is 0.319 e. The summed E-state index contributed by atoms with van der Waals surface area (Å²) < 4.78 is 84.9. The number of anilines is 1. The SMILES string of the molecule is CCc1c(F)ccc2cc3[nH]ncc3c(-c3ncc4c(N5C6(CCCNC6)CNS5(=O)=O)nc(OC[C@@]56CCCN5C[C@H](F)C6)nc4c3F)c12. The third-order valence-corrected chi connectivity index (χ3v) is 12.7. The van der Waals surface area contributed by atoms with Gasteiger partial charge in [0.25, 0.3) is 0 Å². The number of piperidine rings is 1. The van der Waals surface area contributed by atoms with E-state index in [0.29, 0.717) is 65.2 Å². The van der Waals surface area contributed by atoms with Crippen molar-refractivity contribution in [2.24, 2.45) is 0 Å². The fourth-order valence-electron chi connectivity index (χ4n) is 8.84. The summed E-state index contributed by atoms with van der Waals surface area (Å²) in [4.78, 5) is 15.9. The number of benzene rings is 2. The van der Waals surface area contributed by atoms with Gasteiger partial charge < -0.3 is 10.1 Å². The average Bonchev–Trinajstić information content (AvgIpc) is 3.85. The average molecular weight is 708 g/mol. The number of hydrogen-bond donors (Lipinski definition) is 3. The van der Waals surface area contributed by atoms with Gasteiger partial charge in [-0.2, -0.15) is 28.2 Å². The standard InChI is InChI=1S/C34H36F3N9O3S/c1-2-21-24(36)6-5-19-11-25-22(14-40-44-25)27(26(19)21)30-28(37)29-23(13-39-30)31(46-34(7-3-9-38-16-34)17-41-50(46,47)48)43-32(42-29)49-18-33-8-4-10-45(33)15-20(35)12-33/h5-6,11,13-14,20,38,41H,2-4,7-10,12,15-18H2,1H3,(H,40,44)/t20-,33+,34?/m1/s1. The second-order valence-corrected chi connectivity index (χ2v) is 15.6. The quantitative estimate of drug-likeness (QED) is 0.236. The monoisotopic (exact) mass is 707 g/mol. The van der Waals surface area contributed by atoms with Gasteiger partial charge in [0.05, 0.1) is 28.2 Å². The Morgan fingerprint density at radius 1 is 1.10 bits per heavy atom. The molecule has 262 valence electrons. The Kier molecular flexibility index (Phi) is 7.29. The summed E-state index contributed by atoms with van der Waals surface area (Å²) in [6.07, 6.45) is 5.46. The van der Waals surface area contributed by atoms with Crippen LogP contribution in [0.25, 0.3) is 43.8 Å². The van der Waals surface area contributed by atoms with Gasteiger partial charge in [-0.3, -0.25) is 15.0 Å². The molecule has 1 spiro atoms. The molecule has 0 radical (unpaired) electrons. The summed E-state index contributed by atoms with van der Waals surface area (Å²) in [7, 11) is -4.11. The first kappa shape index (κ1) is 31.8. The molecule has 4 aliphatic heterocycles. The van der Waals surface area contributed by atoms with E-state index >= 15 is 8.78 Å². The lowest BCUT2D eigenvalue weighted by atomic mass is 9.90. The van der Waals surface area contributed by atoms with Gasteiger partial charge in [0.15, 0.2) is 11.6 Å². The molecule has 16 heteroatoms. The number of aromatic amines is 1. The minimum atomic E-state index is -4.11. The van der Waals surface area contributed by atoms with E-state index in [1.165, 1.54) is 16.6 Å². The molecule has 7 heterocycles. The first-order valence-corrected chi connectivity index (χ1v) is 18.5. The Hall–Kier alpha value is -4.12. The molecule has 0 saturated carbocycles. The minimum absolute atomic E-state index is 0.0566. The molecule has 1 unspecified atom stereocenters. The highest BCUT2D eigenvalue weighted by Gasteiger charge is 2.52. The van der Waals surface area contributed by atoms with Crippen molar-refractivity contribution in [3.8, 4) is 17.3 Å². The number of halogens is 3. The Morgan fingerprint density at radius 3 is 2.80 bits per heavy atom. The van der Waals surface area contributed by atoms with Gasteiger partial charge in [0.1, 0.15) is 29.8 Å². The first-order chi connectivity index (χ1) is 24.1. The number of nitrogens with one attached hydrogen (secondary N) is 3. The van der Waals surface area contributed by atoms with Crippen molar-refractivity contribution in [3.63, 3.8) is 0 Å². The Morgan fingerprint density at radius 2 is 1.98 bits per heavy atom. The second-order valence-electron chi connectivity index (χ2n) is 14.0. The highest BCUT2D eigenvalue weighted by molar-refractivity contribution is 7.91. The van der Waals surface area contributed by atoms with E-state index in [9.17, 15) is 12.8 Å². The van der Waals surface area contributed by atoms with Gasteiger partial charge in [0.2, 0.25) is 0 Å². The third kappa shape index (κ3) is 4.71. The smallest absolute Gasteiger partial charge is 0.319 e. The van der Waals surface area contributed by atoms with Crippen molar-refractivity contribution < 1.29 is 26.3 Å². The normalized spacial score (nSPS) is 26.6. The minimum Gasteiger partial charge on any atom is -0.461 e. The van der Waals surface area contributed by atoms with E-state index in [2.05, 4.69) is 40.1 Å². The molecule has 12 nitrogen and oxygen atoms in total. The summed E-state index contributed by atoms with van der Waals surface area (Å²) in [5.41, 5.74) is -0.407. The number of ether oxygens (including phenoxy) is 1. The number of aryl methyl sites for hydroxylation is 1. The van der Waals surface area contributed by atoms with E-state index in [0.717, 1.165) is 32.4 Å². The van der Waals surface area contributed by atoms with Crippen LogP contribution in [0.5, 0.6) is 6.01 Å². The number of hydrogen-bond acceptors (Lipinski definition) is 9. The van der Waals surface area contributed by atoms with Crippen LogP contribution in [0.15, 0.2) is 30.6 Å². The highest BCUT2D eigenvalue weighted by Crippen LogP contribution is 2.44. The van der Waals surface area contributed by atoms with Crippen LogP contribution in [0.1, 0.15) is 44.6 Å². The molecule has 5 aromatic rings. The largest absolute Gasteiger partial charge is 0.461 e. The fraction of sp³-hybridized carbons (Fsp3) is 0.471. The maximum atomic E-state index is 17.3. The van der Waals surface area contributed by atoms with E-state index in [4.69, 9.17) is 4.74 Å². The zero-order valence-electron chi connectivity index (χ0n) is 27.4. The lowest BCUT2D eigenvalue weighted by Gasteiger charge is -2.39. The molecule has 3 aromatic heterocycles. The van der Waals surface area contributed by atoms with Crippen molar-refractivity contribution in [3.05, 3.63) is 47.8 Å². The summed E-state index contributed by atoms with van der Waals surface area (Å²) in [6.45, 7) is 4.17. The zero-order valence-corrected chi connectivity index (χ0v) is 28.2. The summed E-state index contributed by atoms with van der Waals surface area (Å²) >= 11 is 0. The van der Waals surface area contributed by atoms with Gasteiger partial charge in [-0.15, -0.1) is 0 Å². The topological polar surface area (TPSA) is 141 Å². The summed E-state index contributed by atoms with van der Waals surface area (Å²) in [5, 5.41) is 12.2. The molecular formula is C34H36F3N9O3S. The van der Waals surface area contributed by atoms with E-state index in [1.54, 1.807) is 12.3 Å². The van der Waals surface area contributed by atoms with Crippen LogP contribution in [0.4, 0.5) is 19.0 Å². The molecule has 0 bridgehead atoms. The predicted octanol–water partition coefficient (Wildman–Crippen LogP) is 4.29. The van der Waals surface area contributed by atoms with Crippen LogP contribution < -0.4 is 19.1 Å².